The molecule has 2 aromatic heterocycles. The summed E-state index contributed by atoms with van der Waals surface area (Å²) in [5.74, 6) is 0.782. The molecule has 0 bridgehead atoms. The molecule has 112 valence electrons. The molecule has 3 heteroatoms. The Labute approximate surface area is 131 Å². The summed E-state index contributed by atoms with van der Waals surface area (Å²) in [5, 5.41) is 1.22. The summed E-state index contributed by atoms with van der Waals surface area (Å²) in [7, 11) is 0. The fourth-order valence-corrected chi connectivity index (χ4v) is 4.21. The SMILES string of the molecule is C=C(N)c1cc2cc3c(nc2s1)CCC(C(C)(C)C)CC3. The number of hydrogen-bond acceptors (Lipinski definition) is 3. The number of aryl methyl sites for hydroxylation is 2. The van der Waals surface area contributed by atoms with Crippen LogP contribution in [0.4, 0.5) is 0 Å². The summed E-state index contributed by atoms with van der Waals surface area (Å²) in [5.41, 5.74) is 9.57. The number of pyridine rings is 1. The Hall–Kier alpha value is -1.35. The molecular weight excluding hydrogens is 276 g/mol. The van der Waals surface area contributed by atoms with E-state index in [2.05, 4.69) is 39.5 Å². The highest BCUT2D eigenvalue weighted by molar-refractivity contribution is 7.19. The molecule has 0 aromatic carbocycles. The van der Waals surface area contributed by atoms with Gasteiger partial charge in [-0.05, 0) is 54.7 Å². The minimum Gasteiger partial charge on any atom is -0.398 e. The van der Waals surface area contributed by atoms with Crippen molar-refractivity contribution in [2.45, 2.75) is 46.5 Å². The number of nitrogens with two attached hydrogens (primary N) is 1. The first-order valence-electron chi connectivity index (χ1n) is 7.71. The van der Waals surface area contributed by atoms with Crippen molar-refractivity contribution in [3.8, 4) is 0 Å². The van der Waals surface area contributed by atoms with Gasteiger partial charge >= 0.3 is 0 Å². The maximum absolute atomic E-state index is 5.81. The summed E-state index contributed by atoms with van der Waals surface area (Å²) < 4.78 is 0. The molecule has 21 heavy (non-hydrogen) atoms. The van der Waals surface area contributed by atoms with Gasteiger partial charge in [-0.1, -0.05) is 27.4 Å². The van der Waals surface area contributed by atoms with Crippen LogP contribution in [-0.4, -0.2) is 4.98 Å². The minimum absolute atomic E-state index is 0.393. The van der Waals surface area contributed by atoms with E-state index >= 15 is 0 Å². The van der Waals surface area contributed by atoms with Crippen molar-refractivity contribution in [1.82, 2.24) is 4.98 Å². The highest BCUT2D eigenvalue weighted by atomic mass is 32.1. The van der Waals surface area contributed by atoms with Gasteiger partial charge in [-0.25, -0.2) is 4.98 Å². The van der Waals surface area contributed by atoms with Gasteiger partial charge in [-0.2, -0.15) is 0 Å². The van der Waals surface area contributed by atoms with E-state index in [1.807, 2.05) is 0 Å². The molecule has 0 saturated heterocycles. The molecular formula is C18H24N2S. The molecule has 2 heterocycles. The van der Waals surface area contributed by atoms with Crippen molar-refractivity contribution in [3.63, 3.8) is 0 Å². The maximum atomic E-state index is 5.81. The molecule has 2 nitrogen and oxygen atoms in total. The van der Waals surface area contributed by atoms with Crippen LogP contribution in [0.25, 0.3) is 15.9 Å². The molecule has 0 aliphatic heterocycles. The molecule has 0 fully saturated rings. The van der Waals surface area contributed by atoms with E-state index in [1.165, 1.54) is 29.5 Å². The third-order valence-corrected chi connectivity index (χ3v) is 5.83. The lowest BCUT2D eigenvalue weighted by Crippen LogP contribution is -2.20. The summed E-state index contributed by atoms with van der Waals surface area (Å²) >= 11 is 1.66. The number of nitrogens with zero attached hydrogens (tertiary/aromatic N) is 1. The third-order valence-electron chi connectivity index (χ3n) is 4.71. The van der Waals surface area contributed by atoms with Gasteiger partial charge in [0.15, 0.2) is 0 Å². The number of fused-ring (bicyclic) bond motifs is 2. The van der Waals surface area contributed by atoms with Crippen LogP contribution < -0.4 is 5.73 Å². The second-order valence-electron chi connectivity index (χ2n) is 7.26. The number of rotatable bonds is 1. The zero-order valence-electron chi connectivity index (χ0n) is 13.2. The fourth-order valence-electron chi connectivity index (χ4n) is 3.29. The molecule has 0 radical (unpaired) electrons. The van der Waals surface area contributed by atoms with Crippen molar-refractivity contribution in [1.29, 1.82) is 0 Å². The van der Waals surface area contributed by atoms with Gasteiger partial charge in [0, 0.05) is 16.8 Å². The highest BCUT2D eigenvalue weighted by Gasteiger charge is 2.27. The van der Waals surface area contributed by atoms with E-state index in [-0.39, 0.29) is 0 Å². The normalized spacial score (nSPS) is 19.3. The van der Waals surface area contributed by atoms with E-state index in [4.69, 9.17) is 10.7 Å². The first-order valence-corrected chi connectivity index (χ1v) is 8.53. The van der Waals surface area contributed by atoms with Crippen LogP contribution in [0.2, 0.25) is 0 Å². The van der Waals surface area contributed by atoms with Crippen LogP contribution in [0.15, 0.2) is 18.7 Å². The van der Waals surface area contributed by atoms with Gasteiger partial charge in [-0.3, -0.25) is 0 Å². The lowest BCUT2D eigenvalue weighted by Gasteiger charge is -2.29. The zero-order valence-corrected chi connectivity index (χ0v) is 14.0. The van der Waals surface area contributed by atoms with Crippen molar-refractivity contribution < 1.29 is 0 Å². The van der Waals surface area contributed by atoms with E-state index in [1.54, 1.807) is 11.3 Å². The van der Waals surface area contributed by atoms with Crippen molar-refractivity contribution in [3.05, 3.63) is 34.8 Å². The van der Waals surface area contributed by atoms with E-state index in [0.717, 1.165) is 28.5 Å². The summed E-state index contributed by atoms with van der Waals surface area (Å²) in [6, 6.07) is 4.45. The van der Waals surface area contributed by atoms with Crippen LogP contribution >= 0.6 is 11.3 Å². The van der Waals surface area contributed by atoms with Crippen molar-refractivity contribution in [2.75, 3.05) is 0 Å². The average molecular weight is 300 g/mol. The number of hydrogen-bond donors (Lipinski definition) is 1. The number of aromatic nitrogens is 1. The van der Waals surface area contributed by atoms with Gasteiger partial charge in [0.2, 0.25) is 0 Å². The van der Waals surface area contributed by atoms with E-state index < -0.39 is 0 Å². The van der Waals surface area contributed by atoms with Crippen molar-refractivity contribution >= 4 is 27.3 Å². The summed E-state index contributed by atoms with van der Waals surface area (Å²) in [4.78, 5) is 7.07. The lowest BCUT2D eigenvalue weighted by atomic mass is 9.76. The molecule has 0 saturated carbocycles. The largest absolute Gasteiger partial charge is 0.398 e. The molecule has 0 spiro atoms. The van der Waals surface area contributed by atoms with E-state index in [9.17, 15) is 0 Å². The van der Waals surface area contributed by atoms with E-state index in [0.29, 0.717) is 11.1 Å². The Kier molecular flexibility index (Phi) is 3.56. The Morgan fingerprint density at radius 1 is 1.29 bits per heavy atom. The van der Waals surface area contributed by atoms with Crippen LogP contribution in [-0.2, 0) is 12.8 Å². The predicted octanol–water partition coefficient (Wildman–Crippen LogP) is 4.77. The first kappa shape index (κ1) is 14.6. The smallest absolute Gasteiger partial charge is 0.124 e. The lowest BCUT2D eigenvalue weighted by molar-refractivity contribution is 0.216. The standard InChI is InChI=1S/C18H24N2S/c1-11(19)16-10-13-9-12-5-6-14(18(2,3)4)7-8-15(12)20-17(13)21-16/h9-10,14H,1,5-8,19H2,2-4H3. The molecule has 1 aliphatic carbocycles. The predicted molar refractivity (Wildman–Crippen MR) is 92.4 cm³/mol. The van der Waals surface area contributed by atoms with Gasteiger partial charge < -0.3 is 5.73 Å². The Balaban J connectivity index is 1.95. The molecule has 1 atom stereocenters. The third kappa shape index (κ3) is 2.84. The second-order valence-corrected chi connectivity index (χ2v) is 8.30. The van der Waals surface area contributed by atoms with Crippen LogP contribution in [0.1, 0.15) is 49.7 Å². The molecule has 0 amide bonds. The molecule has 3 rings (SSSR count). The Morgan fingerprint density at radius 3 is 2.67 bits per heavy atom. The Morgan fingerprint density at radius 2 is 2.00 bits per heavy atom. The maximum Gasteiger partial charge on any atom is 0.124 e. The van der Waals surface area contributed by atoms with Gasteiger partial charge in [0.1, 0.15) is 4.83 Å². The molecule has 2 aromatic rings. The zero-order chi connectivity index (χ0) is 15.2. The van der Waals surface area contributed by atoms with Gasteiger partial charge in [0.05, 0.1) is 4.88 Å². The molecule has 2 N–H and O–H groups in total. The highest BCUT2D eigenvalue weighted by Crippen LogP contribution is 2.37. The molecule has 1 unspecified atom stereocenters. The summed E-state index contributed by atoms with van der Waals surface area (Å²) in [6.07, 6.45) is 4.76. The Bertz CT molecular complexity index is 646. The van der Waals surface area contributed by atoms with Crippen molar-refractivity contribution in [2.24, 2.45) is 17.1 Å². The average Bonchev–Trinajstić information content (AvgIpc) is 2.67. The van der Waals surface area contributed by atoms with Gasteiger partial charge in [-0.15, -0.1) is 11.3 Å². The van der Waals surface area contributed by atoms with Crippen LogP contribution in [0, 0.1) is 11.3 Å². The van der Waals surface area contributed by atoms with Gasteiger partial charge in [0.25, 0.3) is 0 Å². The van der Waals surface area contributed by atoms with Crippen LogP contribution in [0.3, 0.4) is 0 Å². The fraction of sp³-hybridized carbons (Fsp3) is 0.500. The first-order chi connectivity index (χ1) is 9.84. The molecule has 1 aliphatic rings. The quantitative estimate of drug-likeness (QED) is 0.771. The second kappa shape index (κ2) is 5.13. The van der Waals surface area contributed by atoms with Crippen LogP contribution in [0.5, 0.6) is 0 Å². The minimum atomic E-state index is 0.393. The monoisotopic (exact) mass is 300 g/mol. The summed E-state index contributed by atoms with van der Waals surface area (Å²) in [6.45, 7) is 10.9. The number of thiophene rings is 1. The topological polar surface area (TPSA) is 38.9 Å².